The molecule has 0 atom stereocenters. The maximum Gasteiger partial charge on any atom is 0.0567 e. The second-order valence-electron chi connectivity index (χ2n) is 13.0. The summed E-state index contributed by atoms with van der Waals surface area (Å²) in [7, 11) is 4.23. The van der Waals surface area contributed by atoms with Gasteiger partial charge in [-0.2, -0.15) is 0 Å². The summed E-state index contributed by atoms with van der Waals surface area (Å²) in [6, 6.07) is 36.9. The average molecular weight is 612 g/mol. The highest BCUT2D eigenvalue weighted by atomic mass is 35.5. The van der Waals surface area contributed by atoms with Crippen LogP contribution in [0.5, 0.6) is 0 Å². The smallest absolute Gasteiger partial charge is 0.0567 e. The Kier molecular flexibility index (Phi) is 10.2. The van der Waals surface area contributed by atoms with Crippen LogP contribution in [0.1, 0.15) is 51.2 Å². The Hall–Kier alpha value is -2.76. The molecule has 0 N–H and O–H groups in total. The first-order valence-electron chi connectivity index (χ1n) is 15.5. The molecule has 0 spiro atoms. The van der Waals surface area contributed by atoms with Crippen molar-refractivity contribution in [3.63, 3.8) is 0 Å². The van der Waals surface area contributed by atoms with Crippen molar-refractivity contribution in [3.05, 3.63) is 119 Å². The van der Waals surface area contributed by atoms with Crippen LogP contribution >= 0.6 is 23.4 Å². The van der Waals surface area contributed by atoms with Crippen molar-refractivity contribution in [1.82, 2.24) is 9.80 Å². The zero-order chi connectivity index (χ0) is 30.5. The van der Waals surface area contributed by atoms with Crippen LogP contribution in [0.4, 0.5) is 11.4 Å². The van der Waals surface area contributed by atoms with E-state index in [9.17, 15) is 0 Å². The second kappa shape index (κ2) is 13.9. The average Bonchev–Trinajstić information content (AvgIpc) is 3.01. The number of halogens is 1. The minimum atomic E-state index is 0.171. The Labute approximate surface area is 268 Å². The highest BCUT2D eigenvalue weighted by Crippen LogP contribution is 2.48. The Morgan fingerprint density at radius 3 is 1.88 bits per heavy atom. The zero-order valence-corrected chi connectivity index (χ0v) is 28.0. The molecule has 43 heavy (non-hydrogen) atoms. The molecule has 6 rings (SSSR count). The highest BCUT2D eigenvalue weighted by molar-refractivity contribution is 7.99. The fourth-order valence-electron chi connectivity index (χ4n) is 6.41. The van der Waals surface area contributed by atoms with Crippen molar-refractivity contribution in [2.45, 2.75) is 60.8 Å². The molecule has 226 valence electrons. The fraction of sp³-hybridized carbons (Fsp3) is 0.368. The van der Waals surface area contributed by atoms with E-state index >= 15 is 0 Å². The van der Waals surface area contributed by atoms with Crippen molar-refractivity contribution in [1.29, 1.82) is 0 Å². The number of piperidine rings is 1. The second-order valence-corrected chi connectivity index (χ2v) is 14.5. The van der Waals surface area contributed by atoms with Crippen molar-refractivity contribution in [2.75, 3.05) is 45.2 Å². The number of hydrogen-bond acceptors (Lipinski definition) is 4. The van der Waals surface area contributed by atoms with E-state index in [0.29, 0.717) is 0 Å². The topological polar surface area (TPSA) is 9.72 Å². The number of benzene rings is 4. The molecule has 0 saturated carbocycles. The van der Waals surface area contributed by atoms with Crippen molar-refractivity contribution < 1.29 is 0 Å². The van der Waals surface area contributed by atoms with Gasteiger partial charge in [-0.15, -0.1) is 0 Å². The minimum Gasteiger partial charge on any atom is -0.340 e. The molecular weight excluding hydrogens is 566 g/mol. The predicted molar refractivity (Wildman–Crippen MR) is 186 cm³/mol. The highest BCUT2D eigenvalue weighted by Gasteiger charge is 2.39. The summed E-state index contributed by atoms with van der Waals surface area (Å²) in [6.07, 6.45) is 3.51. The molecule has 0 amide bonds. The van der Waals surface area contributed by atoms with E-state index in [0.717, 1.165) is 37.6 Å². The van der Waals surface area contributed by atoms with Gasteiger partial charge < -0.3 is 9.80 Å². The lowest BCUT2D eigenvalue weighted by Crippen LogP contribution is -2.50. The van der Waals surface area contributed by atoms with Gasteiger partial charge in [0.15, 0.2) is 0 Å². The van der Waals surface area contributed by atoms with Gasteiger partial charge >= 0.3 is 0 Å². The molecule has 4 aromatic rings. The van der Waals surface area contributed by atoms with E-state index in [2.05, 4.69) is 147 Å². The van der Waals surface area contributed by atoms with Crippen LogP contribution in [0.15, 0.2) is 113 Å². The molecule has 1 saturated heterocycles. The normalized spacial score (nSPS) is 16.2. The lowest BCUT2D eigenvalue weighted by atomic mass is 9.67. The van der Waals surface area contributed by atoms with E-state index < -0.39 is 0 Å². The van der Waals surface area contributed by atoms with Gasteiger partial charge in [-0.1, -0.05) is 96.2 Å². The summed E-state index contributed by atoms with van der Waals surface area (Å²) in [5.74, 6) is 0. The Morgan fingerprint density at radius 1 is 0.744 bits per heavy atom. The molecule has 2 heterocycles. The van der Waals surface area contributed by atoms with Gasteiger partial charge in [0.25, 0.3) is 0 Å². The molecule has 5 heteroatoms. The van der Waals surface area contributed by atoms with Gasteiger partial charge in [0.1, 0.15) is 0 Å². The molecule has 1 fully saturated rings. The maximum absolute atomic E-state index is 6.21. The van der Waals surface area contributed by atoms with E-state index in [1.54, 1.807) is 0 Å². The van der Waals surface area contributed by atoms with Gasteiger partial charge in [-0.05, 0) is 115 Å². The van der Waals surface area contributed by atoms with Gasteiger partial charge in [0.2, 0.25) is 0 Å². The third-order valence-corrected chi connectivity index (χ3v) is 10.2. The van der Waals surface area contributed by atoms with Gasteiger partial charge in [0.05, 0.1) is 11.4 Å². The van der Waals surface area contributed by atoms with Crippen LogP contribution in [0, 0.1) is 0 Å². The molecule has 4 aromatic carbocycles. The Morgan fingerprint density at radius 2 is 1.30 bits per heavy atom. The lowest BCUT2D eigenvalue weighted by Gasteiger charge is -2.47. The fourth-order valence-corrected chi connectivity index (χ4v) is 7.65. The summed E-state index contributed by atoms with van der Waals surface area (Å²) < 4.78 is 0. The van der Waals surface area contributed by atoms with Crippen molar-refractivity contribution in [2.24, 2.45) is 0 Å². The maximum atomic E-state index is 6.21. The first-order chi connectivity index (χ1) is 20.7. The van der Waals surface area contributed by atoms with Crippen molar-refractivity contribution >= 4 is 34.7 Å². The Balaban J connectivity index is 0.000000171. The van der Waals surface area contributed by atoms with E-state index in [1.807, 2.05) is 17.8 Å². The predicted octanol–water partition coefficient (Wildman–Crippen LogP) is 9.76. The van der Waals surface area contributed by atoms with Crippen LogP contribution in [-0.4, -0.2) is 55.6 Å². The molecule has 0 aliphatic carbocycles. The van der Waals surface area contributed by atoms with Crippen LogP contribution < -0.4 is 4.90 Å². The lowest BCUT2D eigenvalue weighted by molar-refractivity contribution is 0.0848. The van der Waals surface area contributed by atoms with Gasteiger partial charge in [-0.3, -0.25) is 4.90 Å². The van der Waals surface area contributed by atoms with Gasteiger partial charge in [-0.25, -0.2) is 0 Å². The third-order valence-electron chi connectivity index (χ3n) is 8.79. The number of rotatable bonds is 6. The molecule has 0 bridgehead atoms. The summed E-state index contributed by atoms with van der Waals surface area (Å²) in [5, 5.41) is 0.798. The number of fused-ring (bicyclic) bond motifs is 2. The third kappa shape index (κ3) is 7.49. The molecule has 0 radical (unpaired) electrons. The van der Waals surface area contributed by atoms with Crippen molar-refractivity contribution in [3.8, 4) is 0 Å². The monoisotopic (exact) mass is 611 g/mol. The van der Waals surface area contributed by atoms with E-state index in [-0.39, 0.29) is 11.0 Å². The number of hydrogen-bond donors (Lipinski definition) is 0. The quantitative estimate of drug-likeness (QED) is 0.214. The largest absolute Gasteiger partial charge is 0.340 e. The number of anilines is 2. The molecular formula is C38H46ClN3S. The number of likely N-dealkylation sites (tertiary alicyclic amines) is 1. The molecule has 0 aromatic heterocycles. The van der Waals surface area contributed by atoms with Crippen LogP contribution in [0.3, 0.4) is 0 Å². The first kappa shape index (κ1) is 31.7. The SMILES string of the molecule is CC(C)(C)N1CCC(c2ccccc2)(c2ccccc2)CC1.CN(C)CCCN1c2ccccc2Sc2ccc(Cl)cc21. The minimum absolute atomic E-state index is 0.171. The molecule has 2 aliphatic heterocycles. The Bertz CT molecular complexity index is 1420. The van der Waals surface area contributed by atoms with E-state index in [4.69, 9.17) is 11.6 Å². The number of para-hydroxylation sites is 1. The molecule has 3 nitrogen and oxygen atoms in total. The number of nitrogens with zero attached hydrogens (tertiary/aromatic N) is 3. The molecule has 0 unspecified atom stereocenters. The molecule has 2 aliphatic rings. The zero-order valence-electron chi connectivity index (χ0n) is 26.4. The standard InChI is InChI=1S/C21H27N.C17H19ClN2S/c1-20(2,3)22-16-14-21(15-17-22,18-10-6-4-7-11-18)19-12-8-5-9-13-19;1-19(2)10-5-11-20-14-6-3-4-7-16(14)21-17-9-8-13(18)12-15(17)20/h4-13H,14-17H2,1-3H3;3-4,6-9,12H,5,10-11H2,1-2H3. The summed E-state index contributed by atoms with van der Waals surface area (Å²) in [5.41, 5.74) is 5.88. The summed E-state index contributed by atoms with van der Waals surface area (Å²) in [6.45, 7) is 11.4. The van der Waals surface area contributed by atoms with Gasteiger partial charge in [0, 0.05) is 32.3 Å². The van der Waals surface area contributed by atoms with Crippen LogP contribution in [0.25, 0.3) is 0 Å². The van der Waals surface area contributed by atoms with Crippen LogP contribution in [0.2, 0.25) is 5.02 Å². The van der Waals surface area contributed by atoms with E-state index in [1.165, 1.54) is 45.1 Å². The first-order valence-corrected chi connectivity index (χ1v) is 16.7. The van der Waals surface area contributed by atoms with Crippen LogP contribution in [-0.2, 0) is 5.41 Å². The summed E-state index contributed by atoms with van der Waals surface area (Å²) >= 11 is 8.03. The summed E-state index contributed by atoms with van der Waals surface area (Å²) in [4.78, 5) is 9.84.